The molecule has 0 saturated heterocycles. The van der Waals surface area contributed by atoms with Crippen LogP contribution >= 0.6 is 0 Å². The molecule has 0 atom stereocenters. The normalized spacial score (nSPS) is 11.2. The molecule has 0 aromatic rings. The molecule has 4 heteroatoms. The van der Waals surface area contributed by atoms with Crippen molar-refractivity contribution >= 4 is 11.9 Å². The van der Waals surface area contributed by atoms with Gasteiger partial charge in [0.05, 0.1) is 13.2 Å². The van der Waals surface area contributed by atoms with E-state index in [0.29, 0.717) is 38.9 Å². The maximum atomic E-state index is 11.8. The number of carbonyl (C=O) groups is 2. The maximum absolute atomic E-state index is 11.8. The summed E-state index contributed by atoms with van der Waals surface area (Å²) in [6.45, 7) is 5.45. The zero-order chi connectivity index (χ0) is 23.5. The van der Waals surface area contributed by atoms with E-state index in [1.165, 1.54) is 70.6 Å². The minimum Gasteiger partial charge on any atom is -0.466 e. The fourth-order valence-electron chi connectivity index (χ4n) is 3.65. The van der Waals surface area contributed by atoms with E-state index in [9.17, 15) is 9.59 Å². The highest BCUT2D eigenvalue weighted by Gasteiger charge is 2.06. The van der Waals surface area contributed by atoms with Crippen LogP contribution in [0.4, 0.5) is 0 Å². The van der Waals surface area contributed by atoms with Crippen LogP contribution in [0.15, 0.2) is 12.2 Å². The van der Waals surface area contributed by atoms with Gasteiger partial charge < -0.3 is 9.47 Å². The number of esters is 2. The Kier molecular flexibility index (Phi) is 24.9. The molecule has 188 valence electrons. The molecule has 32 heavy (non-hydrogen) atoms. The molecule has 0 aliphatic carbocycles. The zero-order valence-corrected chi connectivity index (χ0v) is 21.3. The van der Waals surface area contributed by atoms with Crippen molar-refractivity contribution in [1.82, 2.24) is 0 Å². The summed E-state index contributed by atoms with van der Waals surface area (Å²) < 4.78 is 10.5. The highest BCUT2D eigenvalue weighted by atomic mass is 16.5. The predicted molar refractivity (Wildman–Crippen MR) is 135 cm³/mol. The average Bonchev–Trinajstić information content (AvgIpc) is 2.79. The van der Waals surface area contributed by atoms with Crippen LogP contribution in [0.5, 0.6) is 0 Å². The molecule has 0 fully saturated rings. The summed E-state index contributed by atoms with van der Waals surface area (Å²) >= 11 is 0. The molecule has 0 aliphatic rings. The molecule has 0 heterocycles. The second-order valence-corrected chi connectivity index (χ2v) is 8.91. The Labute approximate surface area is 198 Å². The van der Waals surface area contributed by atoms with Gasteiger partial charge in [-0.1, -0.05) is 96.6 Å². The van der Waals surface area contributed by atoms with Crippen LogP contribution in [0.1, 0.15) is 142 Å². The summed E-state index contributed by atoms with van der Waals surface area (Å²) in [5.74, 6) is -0.275. The molecule has 0 aliphatic heterocycles. The SMILES string of the molecule is CC/C=C/CCCCCCCCCCOC(=O)CCCCC(=O)OCCCCCCCC. The van der Waals surface area contributed by atoms with Gasteiger partial charge in [0.15, 0.2) is 0 Å². The van der Waals surface area contributed by atoms with Gasteiger partial charge in [0.25, 0.3) is 0 Å². The van der Waals surface area contributed by atoms with Gasteiger partial charge in [0, 0.05) is 12.8 Å². The van der Waals surface area contributed by atoms with E-state index < -0.39 is 0 Å². The van der Waals surface area contributed by atoms with E-state index in [0.717, 1.165) is 32.1 Å². The number of hydrogen-bond donors (Lipinski definition) is 0. The Balaban J connectivity index is 3.29. The van der Waals surface area contributed by atoms with Gasteiger partial charge in [-0.25, -0.2) is 0 Å². The summed E-state index contributed by atoms with van der Waals surface area (Å²) in [5, 5.41) is 0. The molecule has 0 amide bonds. The van der Waals surface area contributed by atoms with Crippen LogP contribution < -0.4 is 0 Å². The maximum Gasteiger partial charge on any atom is 0.305 e. The molecular weight excluding hydrogens is 400 g/mol. The first-order valence-corrected chi connectivity index (χ1v) is 13.7. The second kappa shape index (κ2) is 25.9. The van der Waals surface area contributed by atoms with Crippen molar-refractivity contribution in [3.05, 3.63) is 12.2 Å². The number of unbranched alkanes of at least 4 members (excludes halogenated alkanes) is 14. The number of carbonyl (C=O) groups excluding carboxylic acids is 2. The molecule has 4 nitrogen and oxygen atoms in total. The Morgan fingerprint density at radius 2 is 0.969 bits per heavy atom. The van der Waals surface area contributed by atoms with E-state index in [1.807, 2.05) is 0 Å². The third kappa shape index (κ3) is 24.9. The molecule has 0 saturated carbocycles. The standard InChI is InChI=1S/C28H52O4/c1-3-5-7-9-11-12-13-14-15-16-18-22-26-32-28(30)24-20-19-23-27(29)31-25-21-17-10-8-6-4-2/h5,7H,3-4,6,8-26H2,1-2H3/b7-5+. The van der Waals surface area contributed by atoms with Crippen LogP contribution in [-0.2, 0) is 19.1 Å². The van der Waals surface area contributed by atoms with Crippen molar-refractivity contribution in [1.29, 1.82) is 0 Å². The third-order valence-electron chi connectivity index (χ3n) is 5.70. The van der Waals surface area contributed by atoms with Crippen molar-refractivity contribution in [2.45, 2.75) is 142 Å². The highest BCUT2D eigenvalue weighted by Crippen LogP contribution is 2.11. The number of ether oxygens (including phenoxy) is 2. The van der Waals surface area contributed by atoms with Gasteiger partial charge in [-0.05, 0) is 44.9 Å². The van der Waals surface area contributed by atoms with Crippen molar-refractivity contribution in [2.24, 2.45) is 0 Å². The van der Waals surface area contributed by atoms with E-state index in [2.05, 4.69) is 26.0 Å². The third-order valence-corrected chi connectivity index (χ3v) is 5.70. The monoisotopic (exact) mass is 452 g/mol. The second-order valence-electron chi connectivity index (χ2n) is 8.91. The molecule has 0 aromatic heterocycles. The van der Waals surface area contributed by atoms with E-state index in [-0.39, 0.29) is 11.9 Å². The Hall–Kier alpha value is -1.32. The number of allylic oxidation sites excluding steroid dienone is 2. The van der Waals surface area contributed by atoms with E-state index in [1.54, 1.807) is 0 Å². The summed E-state index contributed by atoms with van der Waals surface area (Å²) in [6.07, 6.45) is 26.2. The Morgan fingerprint density at radius 3 is 1.44 bits per heavy atom. The lowest BCUT2D eigenvalue weighted by Gasteiger charge is -2.06. The van der Waals surface area contributed by atoms with Gasteiger partial charge in [-0.2, -0.15) is 0 Å². The number of hydrogen-bond acceptors (Lipinski definition) is 4. The van der Waals surface area contributed by atoms with Crippen LogP contribution in [0.25, 0.3) is 0 Å². The minimum atomic E-state index is -0.139. The quantitative estimate of drug-likeness (QED) is 0.0837. The van der Waals surface area contributed by atoms with Gasteiger partial charge in [0.1, 0.15) is 0 Å². The summed E-state index contributed by atoms with van der Waals surface area (Å²) in [7, 11) is 0. The lowest BCUT2D eigenvalue weighted by Crippen LogP contribution is -2.08. The number of rotatable bonds is 24. The topological polar surface area (TPSA) is 52.6 Å². The molecule has 0 spiro atoms. The van der Waals surface area contributed by atoms with Crippen LogP contribution in [-0.4, -0.2) is 25.2 Å². The fourth-order valence-corrected chi connectivity index (χ4v) is 3.65. The predicted octanol–water partition coefficient (Wildman–Crippen LogP) is 8.47. The highest BCUT2D eigenvalue weighted by molar-refractivity contribution is 5.70. The van der Waals surface area contributed by atoms with Crippen LogP contribution in [0.2, 0.25) is 0 Å². The van der Waals surface area contributed by atoms with Gasteiger partial charge in [-0.15, -0.1) is 0 Å². The molecular formula is C28H52O4. The first kappa shape index (κ1) is 30.7. The van der Waals surface area contributed by atoms with Crippen molar-refractivity contribution in [3.8, 4) is 0 Å². The van der Waals surface area contributed by atoms with Crippen molar-refractivity contribution in [3.63, 3.8) is 0 Å². The van der Waals surface area contributed by atoms with E-state index in [4.69, 9.17) is 9.47 Å². The van der Waals surface area contributed by atoms with Gasteiger partial charge in [-0.3, -0.25) is 9.59 Å². The van der Waals surface area contributed by atoms with Crippen LogP contribution in [0.3, 0.4) is 0 Å². The zero-order valence-electron chi connectivity index (χ0n) is 21.3. The van der Waals surface area contributed by atoms with E-state index >= 15 is 0 Å². The first-order valence-electron chi connectivity index (χ1n) is 13.7. The fraction of sp³-hybridized carbons (Fsp3) is 0.857. The summed E-state index contributed by atoms with van der Waals surface area (Å²) in [6, 6.07) is 0. The summed E-state index contributed by atoms with van der Waals surface area (Å²) in [5.41, 5.74) is 0. The first-order chi connectivity index (χ1) is 15.7. The minimum absolute atomic E-state index is 0.137. The molecule has 0 aromatic carbocycles. The lowest BCUT2D eigenvalue weighted by atomic mass is 10.1. The van der Waals surface area contributed by atoms with Gasteiger partial charge >= 0.3 is 11.9 Å². The molecule has 0 N–H and O–H groups in total. The van der Waals surface area contributed by atoms with Crippen molar-refractivity contribution < 1.29 is 19.1 Å². The smallest absolute Gasteiger partial charge is 0.305 e. The van der Waals surface area contributed by atoms with Gasteiger partial charge in [0.2, 0.25) is 0 Å². The molecule has 0 unspecified atom stereocenters. The summed E-state index contributed by atoms with van der Waals surface area (Å²) in [4.78, 5) is 23.5. The van der Waals surface area contributed by atoms with Crippen molar-refractivity contribution in [2.75, 3.05) is 13.2 Å². The van der Waals surface area contributed by atoms with Crippen LogP contribution in [0, 0.1) is 0 Å². The molecule has 0 bridgehead atoms. The molecule has 0 radical (unpaired) electrons. The largest absolute Gasteiger partial charge is 0.466 e. The average molecular weight is 453 g/mol. The lowest BCUT2D eigenvalue weighted by molar-refractivity contribution is -0.146. The Morgan fingerprint density at radius 1 is 0.531 bits per heavy atom. The molecule has 0 rings (SSSR count). The Bertz CT molecular complexity index is 445.